The minimum absolute atomic E-state index is 0.386. The van der Waals surface area contributed by atoms with Gasteiger partial charge in [-0.1, -0.05) is 6.92 Å². The van der Waals surface area contributed by atoms with E-state index in [-0.39, 0.29) is 0 Å². The number of rotatable bonds is 7. The van der Waals surface area contributed by atoms with Crippen molar-refractivity contribution in [3.05, 3.63) is 12.0 Å². The molecule has 0 unspecified atom stereocenters. The zero-order valence-electron chi connectivity index (χ0n) is 10.4. The second-order valence-corrected chi connectivity index (χ2v) is 4.28. The highest BCUT2D eigenvalue weighted by Gasteiger charge is 2.11. The first-order valence-corrected chi connectivity index (χ1v) is 6.38. The lowest BCUT2D eigenvalue weighted by Crippen LogP contribution is -2.25. The third-order valence-electron chi connectivity index (χ3n) is 2.92. The van der Waals surface area contributed by atoms with Gasteiger partial charge in [-0.25, -0.2) is 0 Å². The minimum atomic E-state index is 0.386. The van der Waals surface area contributed by atoms with Crippen molar-refractivity contribution in [2.75, 3.05) is 32.8 Å². The Kier molecular flexibility index (Phi) is 4.82. The summed E-state index contributed by atoms with van der Waals surface area (Å²) in [6, 6.07) is 0. The summed E-state index contributed by atoms with van der Waals surface area (Å²) in [5, 5.41) is 3.19. The Labute approximate surface area is 102 Å². The molecule has 0 radical (unpaired) electrons. The van der Waals surface area contributed by atoms with E-state index in [2.05, 4.69) is 22.1 Å². The van der Waals surface area contributed by atoms with Crippen LogP contribution in [0.2, 0.25) is 0 Å². The molecule has 0 spiro atoms. The molecule has 0 saturated carbocycles. The molecule has 0 atom stereocenters. The van der Waals surface area contributed by atoms with Gasteiger partial charge in [0.05, 0.1) is 5.69 Å². The van der Waals surface area contributed by atoms with E-state index in [9.17, 15) is 0 Å². The molecule has 1 aliphatic rings. The van der Waals surface area contributed by atoms with Gasteiger partial charge in [-0.05, 0) is 32.5 Å². The standard InChI is InChI=1S/C12H21N3O2/c1-2-13-9-11-10-17-12(14-11)16-8-7-15-5-3-4-6-15/h10,13H,2-9H2,1H3. The van der Waals surface area contributed by atoms with E-state index in [4.69, 9.17) is 9.15 Å². The van der Waals surface area contributed by atoms with Crippen molar-refractivity contribution in [3.63, 3.8) is 0 Å². The maximum absolute atomic E-state index is 5.48. The molecule has 0 bridgehead atoms. The molecule has 2 heterocycles. The van der Waals surface area contributed by atoms with Crippen LogP contribution in [0, 0.1) is 0 Å². The molecule has 0 amide bonds. The maximum atomic E-state index is 5.48. The molecule has 96 valence electrons. The van der Waals surface area contributed by atoms with E-state index in [1.165, 1.54) is 25.9 Å². The minimum Gasteiger partial charge on any atom is -0.449 e. The number of aromatic nitrogens is 1. The molecule has 5 nitrogen and oxygen atoms in total. The summed E-state index contributed by atoms with van der Waals surface area (Å²) in [5.74, 6) is 0. The van der Waals surface area contributed by atoms with E-state index in [0.29, 0.717) is 12.7 Å². The predicted molar refractivity (Wildman–Crippen MR) is 65.1 cm³/mol. The number of oxazole rings is 1. The summed E-state index contributed by atoms with van der Waals surface area (Å²) >= 11 is 0. The fraction of sp³-hybridized carbons (Fsp3) is 0.750. The van der Waals surface area contributed by atoms with E-state index < -0.39 is 0 Å². The molecule has 0 aliphatic carbocycles. The fourth-order valence-corrected chi connectivity index (χ4v) is 1.96. The highest BCUT2D eigenvalue weighted by atomic mass is 16.6. The molecule has 0 aromatic carbocycles. The van der Waals surface area contributed by atoms with Crippen LogP contribution in [0.4, 0.5) is 0 Å². The van der Waals surface area contributed by atoms with Gasteiger partial charge in [-0.2, -0.15) is 4.98 Å². The van der Waals surface area contributed by atoms with Crippen molar-refractivity contribution < 1.29 is 9.15 Å². The topological polar surface area (TPSA) is 50.5 Å². The van der Waals surface area contributed by atoms with Crippen LogP contribution >= 0.6 is 0 Å². The lowest BCUT2D eigenvalue weighted by molar-refractivity contribution is 0.191. The quantitative estimate of drug-likeness (QED) is 0.776. The molecule has 1 aliphatic heterocycles. The molecule has 1 aromatic heterocycles. The molecule has 5 heteroatoms. The van der Waals surface area contributed by atoms with Crippen molar-refractivity contribution in [2.24, 2.45) is 0 Å². The Morgan fingerprint density at radius 3 is 3.06 bits per heavy atom. The van der Waals surface area contributed by atoms with E-state index >= 15 is 0 Å². The van der Waals surface area contributed by atoms with Crippen molar-refractivity contribution in [2.45, 2.75) is 26.3 Å². The summed E-state index contributed by atoms with van der Waals surface area (Å²) < 4.78 is 10.7. The Hall–Kier alpha value is -1.07. The van der Waals surface area contributed by atoms with Gasteiger partial charge >= 0.3 is 6.08 Å². The second-order valence-electron chi connectivity index (χ2n) is 4.28. The molecule has 1 fully saturated rings. The van der Waals surface area contributed by atoms with Crippen LogP contribution in [0.1, 0.15) is 25.5 Å². The van der Waals surface area contributed by atoms with Gasteiger partial charge in [0, 0.05) is 13.1 Å². The second kappa shape index (κ2) is 6.61. The van der Waals surface area contributed by atoms with Crippen LogP contribution in [0.15, 0.2) is 10.7 Å². The lowest BCUT2D eigenvalue weighted by Gasteiger charge is -2.13. The normalized spacial score (nSPS) is 16.5. The van der Waals surface area contributed by atoms with Gasteiger partial charge in [0.2, 0.25) is 0 Å². The molecular formula is C12H21N3O2. The summed E-state index contributed by atoms with van der Waals surface area (Å²) in [7, 11) is 0. The van der Waals surface area contributed by atoms with Gasteiger partial charge < -0.3 is 14.5 Å². The number of hydrogen-bond acceptors (Lipinski definition) is 5. The molecule has 1 saturated heterocycles. The predicted octanol–water partition coefficient (Wildman–Crippen LogP) is 1.26. The molecular weight excluding hydrogens is 218 g/mol. The Balaban J connectivity index is 1.65. The third-order valence-corrected chi connectivity index (χ3v) is 2.92. The largest absolute Gasteiger partial charge is 0.449 e. The lowest BCUT2D eigenvalue weighted by atomic mass is 10.4. The van der Waals surface area contributed by atoms with Crippen LogP contribution in [-0.2, 0) is 6.54 Å². The smallest absolute Gasteiger partial charge is 0.393 e. The Bertz CT molecular complexity index is 321. The molecule has 2 rings (SSSR count). The van der Waals surface area contributed by atoms with E-state index in [1.807, 2.05) is 0 Å². The Morgan fingerprint density at radius 2 is 2.29 bits per heavy atom. The first-order chi connectivity index (χ1) is 8.38. The maximum Gasteiger partial charge on any atom is 0.393 e. The number of likely N-dealkylation sites (tertiary alicyclic amines) is 1. The molecule has 1 aromatic rings. The van der Waals surface area contributed by atoms with Crippen LogP contribution in [0.25, 0.3) is 0 Å². The molecule has 1 N–H and O–H groups in total. The van der Waals surface area contributed by atoms with Gasteiger partial charge in [0.25, 0.3) is 0 Å². The highest BCUT2D eigenvalue weighted by molar-refractivity contribution is 4.99. The SMILES string of the molecule is CCNCc1coc(OCCN2CCCC2)n1. The average molecular weight is 239 g/mol. The number of hydrogen-bond donors (Lipinski definition) is 1. The number of nitrogens with zero attached hydrogens (tertiary/aromatic N) is 2. The summed E-state index contributed by atoms with van der Waals surface area (Å²) in [5.41, 5.74) is 0.892. The van der Waals surface area contributed by atoms with Crippen LogP contribution < -0.4 is 10.1 Å². The van der Waals surface area contributed by atoms with Crippen LogP contribution in [-0.4, -0.2) is 42.7 Å². The highest BCUT2D eigenvalue weighted by Crippen LogP contribution is 2.11. The van der Waals surface area contributed by atoms with E-state index in [1.54, 1.807) is 6.26 Å². The first-order valence-electron chi connectivity index (χ1n) is 6.38. The van der Waals surface area contributed by atoms with Gasteiger partial charge in [0.15, 0.2) is 0 Å². The monoisotopic (exact) mass is 239 g/mol. The van der Waals surface area contributed by atoms with Crippen LogP contribution in [0.5, 0.6) is 6.08 Å². The zero-order valence-corrected chi connectivity index (χ0v) is 10.4. The summed E-state index contributed by atoms with van der Waals surface area (Å²) in [6.07, 6.45) is 4.66. The first kappa shape index (κ1) is 12.4. The number of ether oxygens (including phenoxy) is 1. The van der Waals surface area contributed by atoms with Gasteiger partial charge in [-0.3, -0.25) is 4.90 Å². The van der Waals surface area contributed by atoms with Crippen molar-refractivity contribution in [3.8, 4) is 6.08 Å². The average Bonchev–Trinajstić information content (AvgIpc) is 2.98. The van der Waals surface area contributed by atoms with E-state index in [0.717, 1.165) is 25.3 Å². The third kappa shape index (κ3) is 4.02. The zero-order chi connectivity index (χ0) is 11.9. The van der Waals surface area contributed by atoms with Crippen molar-refractivity contribution in [1.29, 1.82) is 0 Å². The summed E-state index contributed by atoms with van der Waals surface area (Å²) in [6.45, 7) is 7.73. The molecule has 17 heavy (non-hydrogen) atoms. The summed E-state index contributed by atoms with van der Waals surface area (Å²) in [4.78, 5) is 6.65. The fourth-order valence-electron chi connectivity index (χ4n) is 1.96. The number of nitrogens with one attached hydrogen (secondary N) is 1. The Morgan fingerprint density at radius 1 is 1.47 bits per heavy atom. The van der Waals surface area contributed by atoms with Gasteiger partial charge in [0.1, 0.15) is 12.9 Å². The van der Waals surface area contributed by atoms with Gasteiger partial charge in [-0.15, -0.1) is 0 Å². The van der Waals surface area contributed by atoms with Crippen molar-refractivity contribution >= 4 is 0 Å². The van der Waals surface area contributed by atoms with Crippen molar-refractivity contribution in [1.82, 2.24) is 15.2 Å². The van der Waals surface area contributed by atoms with Crippen LogP contribution in [0.3, 0.4) is 0 Å².